The molecule has 0 radical (unpaired) electrons. The summed E-state index contributed by atoms with van der Waals surface area (Å²) < 4.78 is 17.7. The normalized spacial score (nSPS) is 18.5. The largest absolute Gasteiger partial charge is 0.344 e. The van der Waals surface area contributed by atoms with E-state index in [1.165, 1.54) is 6.07 Å². The minimum absolute atomic E-state index is 0.123. The van der Waals surface area contributed by atoms with Gasteiger partial charge in [0.05, 0.1) is 24.3 Å². The molecule has 7 heteroatoms. The van der Waals surface area contributed by atoms with Gasteiger partial charge in [0.15, 0.2) is 0 Å². The van der Waals surface area contributed by atoms with Gasteiger partial charge in [-0.3, -0.25) is 4.79 Å². The summed E-state index contributed by atoms with van der Waals surface area (Å²) >= 11 is 0. The number of amides is 1. The Bertz CT molecular complexity index is 1030. The number of aromatic nitrogens is 4. The van der Waals surface area contributed by atoms with Gasteiger partial charge < -0.3 is 9.88 Å². The highest BCUT2D eigenvalue weighted by Gasteiger charge is 2.34. The Hall–Kier alpha value is -2.96. The van der Waals surface area contributed by atoms with Crippen molar-refractivity contribution in [3.8, 4) is 5.69 Å². The molecule has 1 amide bonds. The lowest BCUT2D eigenvalue weighted by atomic mass is 10.1. The highest BCUT2D eigenvalue weighted by molar-refractivity contribution is 5.94. The monoisotopic (exact) mass is 365 g/mol. The topological polar surface area (TPSA) is 64.7 Å². The predicted octanol–water partition coefficient (Wildman–Crippen LogP) is 3.04. The van der Waals surface area contributed by atoms with E-state index in [2.05, 4.69) is 15.4 Å². The number of carbonyl (C=O) groups is 1. The summed E-state index contributed by atoms with van der Waals surface area (Å²) in [4.78, 5) is 17.2. The molecule has 1 fully saturated rings. The fourth-order valence-corrected chi connectivity index (χ4v) is 4.02. The van der Waals surface area contributed by atoms with Crippen molar-refractivity contribution in [1.82, 2.24) is 24.6 Å². The van der Waals surface area contributed by atoms with Crippen LogP contribution in [-0.4, -0.2) is 25.2 Å². The zero-order valence-electron chi connectivity index (χ0n) is 15.0. The maximum Gasteiger partial charge on any atom is 0.272 e. The van der Waals surface area contributed by atoms with E-state index in [1.54, 1.807) is 35.4 Å². The van der Waals surface area contributed by atoms with Crippen molar-refractivity contribution in [2.75, 3.05) is 0 Å². The standard InChI is InChI=1S/C20H20FN5O/c1-25-11-22-18(19(25)12-6-7-12)20(27)24-15-8-9-16-13(15)10-23-26(16)17-5-3-2-4-14(17)21/h2-5,10-12,15H,6-9H2,1H3,(H,24,27). The van der Waals surface area contributed by atoms with Crippen LogP contribution < -0.4 is 5.32 Å². The molecule has 1 unspecified atom stereocenters. The molecule has 3 aromatic rings. The molecule has 0 bridgehead atoms. The van der Waals surface area contributed by atoms with Crippen LogP contribution in [0.5, 0.6) is 0 Å². The first kappa shape index (κ1) is 16.2. The Labute approximate surface area is 156 Å². The number of fused-ring (bicyclic) bond motifs is 1. The Morgan fingerprint density at radius 2 is 2.07 bits per heavy atom. The molecular weight excluding hydrogens is 345 g/mol. The number of rotatable bonds is 4. The molecule has 27 heavy (non-hydrogen) atoms. The Morgan fingerprint density at radius 3 is 2.85 bits per heavy atom. The van der Waals surface area contributed by atoms with Crippen LogP contribution in [0.25, 0.3) is 5.69 Å². The molecule has 0 saturated heterocycles. The van der Waals surface area contributed by atoms with Crippen molar-refractivity contribution in [3.05, 3.63) is 65.3 Å². The van der Waals surface area contributed by atoms with E-state index in [0.717, 1.165) is 42.6 Å². The van der Waals surface area contributed by atoms with Gasteiger partial charge in [-0.1, -0.05) is 12.1 Å². The first-order valence-corrected chi connectivity index (χ1v) is 9.27. The molecule has 0 aliphatic heterocycles. The van der Waals surface area contributed by atoms with E-state index >= 15 is 0 Å². The summed E-state index contributed by atoms with van der Waals surface area (Å²) in [6, 6.07) is 6.47. The first-order chi connectivity index (χ1) is 13.1. The third kappa shape index (κ3) is 2.65. The molecule has 138 valence electrons. The number of imidazole rings is 1. The highest BCUT2D eigenvalue weighted by atomic mass is 19.1. The van der Waals surface area contributed by atoms with Gasteiger partial charge in [-0.25, -0.2) is 14.1 Å². The van der Waals surface area contributed by atoms with Crippen LogP contribution in [0.15, 0.2) is 36.8 Å². The number of halogens is 1. The average molecular weight is 365 g/mol. The second-order valence-corrected chi connectivity index (χ2v) is 7.34. The van der Waals surface area contributed by atoms with Crippen molar-refractivity contribution in [1.29, 1.82) is 0 Å². The zero-order chi connectivity index (χ0) is 18.5. The van der Waals surface area contributed by atoms with Crippen molar-refractivity contribution >= 4 is 5.91 Å². The van der Waals surface area contributed by atoms with Crippen LogP contribution in [-0.2, 0) is 13.5 Å². The van der Waals surface area contributed by atoms with Crippen LogP contribution in [0, 0.1) is 5.82 Å². The smallest absolute Gasteiger partial charge is 0.272 e. The Morgan fingerprint density at radius 1 is 1.26 bits per heavy atom. The summed E-state index contributed by atoms with van der Waals surface area (Å²) in [5.41, 5.74) is 3.89. The molecule has 1 atom stereocenters. The Kier molecular flexibility index (Phi) is 3.63. The highest BCUT2D eigenvalue weighted by Crippen LogP contribution is 2.41. The van der Waals surface area contributed by atoms with Crippen molar-refractivity contribution < 1.29 is 9.18 Å². The number of aryl methyl sites for hydroxylation is 1. The van der Waals surface area contributed by atoms with E-state index < -0.39 is 0 Å². The number of carbonyl (C=O) groups excluding carboxylic acids is 1. The fraction of sp³-hybridized carbons (Fsp3) is 0.350. The van der Waals surface area contributed by atoms with Crippen LogP contribution >= 0.6 is 0 Å². The molecule has 2 aliphatic rings. The quantitative estimate of drug-likeness (QED) is 0.773. The summed E-state index contributed by atoms with van der Waals surface area (Å²) in [5, 5.41) is 7.47. The first-order valence-electron chi connectivity index (χ1n) is 9.27. The van der Waals surface area contributed by atoms with E-state index in [9.17, 15) is 9.18 Å². The number of hydrogen-bond donors (Lipinski definition) is 1. The van der Waals surface area contributed by atoms with Crippen LogP contribution in [0.1, 0.15) is 58.7 Å². The lowest BCUT2D eigenvalue weighted by Crippen LogP contribution is -2.28. The van der Waals surface area contributed by atoms with Crippen LogP contribution in [0.2, 0.25) is 0 Å². The van der Waals surface area contributed by atoms with Crippen LogP contribution in [0.3, 0.4) is 0 Å². The molecule has 0 spiro atoms. The van der Waals surface area contributed by atoms with Gasteiger partial charge in [0.1, 0.15) is 17.2 Å². The Balaban J connectivity index is 1.41. The van der Waals surface area contributed by atoms with Crippen molar-refractivity contribution in [2.45, 2.75) is 37.6 Å². The molecule has 1 aromatic carbocycles. The molecule has 2 heterocycles. The SMILES string of the molecule is Cn1cnc(C(=O)NC2CCc3c2cnn3-c2ccccc2F)c1C1CC1. The van der Waals surface area contributed by atoms with Gasteiger partial charge in [0.2, 0.25) is 0 Å². The molecular formula is C20H20FN5O. The maximum atomic E-state index is 14.1. The lowest BCUT2D eigenvalue weighted by Gasteiger charge is -2.12. The van der Waals surface area contributed by atoms with E-state index in [1.807, 2.05) is 11.6 Å². The summed E-state index contributed by atoms with van der Waals surface area (Å²) in [7, 11) is 1.93. The van der Waals surface area contributed by atoms with E-state index in [-0.39, 0.29) is 17.8 Å². The summed E-state index contributed by atoms with van der Waals surface area (Å²) in [6.45, 7) is 0. The molecule has 2 aliphatic carbocycles. The number of nitrogens with one attached hydrogen (secondary N) is 1. The van der Waals surface area contributed by atoms with Gasteiger partial charge >= 0.3 is 0 Å². The van der Waals surface area contributed by atoms with Gasteiger partial charge in [-0.2, -0.15) is 5.10 Å². The fourth-order valence-electron chi connectivity index (χ4n) is 4.02. The lowest BCUT2D eigenvalue weighted by molar-refractivity contribution is 0.0931. The van der Waals surface area contributed by atoms with Gasteiger partial charge in [0, 0.05) is 24.2 Å². The third-order valence-corrected chi connectivity index (χ3v) is 5.49. The van der Waals surface area contributed by atoms with Gasteiger partial charge in [-0.15, -0.1) is 0 Å². The van der Waals surface area contributed by atoms with Crippen molar-refractivity contribution in [2.24, 2.45) is 7.05 Å². The van der Waals surface area contributed by atoms with Gasteiger partial charge in [0.25, 0.3) is 5.91 Å². The molecule has 6 nitrogen and oxygen atoms in total. The summed E-state index contributed by atoms with van der Waals surface area (Å²) in [6.07, 6.45) is 7.19. The van der Waals surface area contributed by atoms with E-state index in [0.29, 0.717) is 17.3 Å². The zero-order valence-corrected chi connectivity index (χ0v) is 15.0. The molecule has 1 saturated carbocycles. The maximum absolute atomic E-state index is 14.1. The molecule has 1 N–H and O–H groups in total. The average Bonchev–Trinajstić information content (AvgIpc) is 3.10. The number of hydrogen-bond acceptors (Lipinski definition) is 3. The molecule has 2 aromatic heterocycles. The number of benzene rings is 1. The number of nitrogens with zero attached hydrogens (tertiary/aromatic N) is 4. The number of para-hydroxylation sites is 1. The van der Waals surface area contributed by atoms with E-state index in [4.69, 9.17) is 0 Å². The molecule has 5 rings (SSSR count). The predicted molar refractivity (Wildman–Crippen MR) is 97.2 cm³/mol. The van der Waals surface area contributed by atoms with Gasteiger partial charge in [-0.05, 0) is 37.8 Å². The minimum Gasteiger partial charge on any atom is -0.344 e. The second-order valence-electron chi connectivity index (χ2n) is 7.34. The third-order valence-electron chi connectivity index (χ3n) is 5.49. The van der Waals surface area contributed by atoms with Crippen LogP contribution in [0.4, 0.5) is 4.39 Å². The summed E-state index contributed by atoms with van der Waals surface area (Å²) in [5.74, 6) is -0.00590. The minimum atomic E-state index is -0.307. The van der Waals surface area contributed by atoms with Crippen molar-refractivity contribution in [3.63, 3.8) is 0 Å². The second kappa shape index (κ2) is 6.04.